The second-order valence-corrected chi connectivity index (χ2v) is 6.42. The molecule has 22 heavy (non-hydrogen) atoms. The lowest BCUT2D eigenvalue weighted by Gasteiger charge is -2.08. The van der Waals surface area contributed by atoms with Gasteiger partial charge in [-0.3, -0.25) is 0 Å². The highest BCUT2D eigenvalue weighted by Gasteiger charge is 2.00. The first-order valence-electron chi connectivity index (χ1n) is 7.41. The summed E-state index contributed by atoms with van der Waals surface area (Å²) in [5.74, 6) is 1.83. The van der Waals surface area contributed by atoms with Crippen molar-refractivity contribution in [3.05, 3.63) is 48.5 Å². The summed E-state index contributed by atoms with van der Waals surface area (Å²) in [6.45, 7) is 1.48. The summed E-state index contributed by atoms with van der Waals surface area (Å²) in [6.07, 6.45) is 2.02. The minimum absolute atomic E-state index is 0.741. The average Bonchev–Trinajstić information content (AvgIpc) is 2.57. The van der Waals surface area contributed by atoms with Crippen molar-refractivity contribution >= 4 is 31.9 Å². The molecule has 0 spiro atoms. The molecule has 0 radical (unpaired) electrons. The van der Waals surface area contributed by atoms with E-state index in [1.54, 1.807) is 0 Å². The lowest BCUT2D eigenvalue weighted by molar-refractivity contribution is 0.319. The van der Waals surface area contributed by atoms with Crippen LogP contribution < -0.4 is 9.47 Å². The molecule has 0 aliphatic rings. The predicted octanol–water partition coefficient (Wildman–Crippen LogP) is 5.68. The molecule has 0 aromatic heterocycles. The molecule has 0 amide bonds. The molecule has 0 heterocycles. The molecule has 2 aromatic carbocycles. The van der Waals surface area contributed by atoms with Crippen LogP contribution in [-0.2, 0) is 0 Å². The number of hydrogen-bond acceptors (Lipinski definition) is 2. The van der Waals surface area contributed by atoms with Crippen molar-refractivity contribution in [2.45, 2.75) is 12.8 Å². The van der Waals surface area contributed by atoms with Crippen LogP contribution in [-0.4, -0.2) is 23.9 Å². The van der Waals surface area contributed by atoms with Gasteiger partial charge in [-0.15, -0.1) is 0 Å². The molecule has 0 saturated heterocycles. The quantitative estimate of drug-likeness (QED) is 0.378. The molecule has 2 aromatic rings. The highest BCUT2D eigenvalue weighted by atomic mass is 79.9. The van der Waals surface area contributed by atoms with Gasteiger partial charge in [0.15, 0.2) is 0 Å². The maximum Gasteiger partial charge on any atom is 0.119 e. The molecular formula is C18H20Br2O2. The number of hydrogen-bond donors (Lipinski definition) is 0. The Hall–Kier alpha value is -1.00. The zero-order valence-corrected chi connectivity index (χ0v) is 15.6. The first-order valence-corrected chi connectivity index (χ1v) is 9.66. The van der Waals surface area contributed by atoms with Crippen LogP contribution in [0, 0.1) is 0 Å². The molecule has 4 heteroatoms. The second kappa shape index (κ2) is 9.90. The molecule has 0 aliphatic heterocycles. The third-order valence-corrected chi connectivity index (χ3v) is 4.26. The van der Waals surface area contributed by atoms with Crippen molar-refractivity contribution < 1.29 is 9.47 Å². The molecule has 0 saturated carbocycles. The van der Waals surface area contributed by atoms with Crippen molar-refractivity contribution in [1.29, 1.82) is 0 Å². The van der Waals surface area contributed by atoms with Crippen LogP contribution in [0.3, 0.4) is 0 Å². The summed E-state index contributed by atoms with van der Waals surface area (Å²) in [6, 6.07) is 16.4. The van der Waals surface area contributed by atoms with Crippen LogP contribution >= 0.6 is 31.9 Å². The van der Waals surface area contributed by atoms with E-state index in [0.29, 0.717) is 0 Å². The van der Waals surface area contributed by atoms with Gasteiger partial charge in [0.2, 0.25) is 0 Å². The highest BCUT2D eigenvalue weighted by Crippen LogP contribution is 2.24. The van der Waals surface area contributed by atoms with Crippen LogP contribution in [0.2, 0.25) is 0 Å². The average molecular weight is 428 g/mol. The Morgan fingerprint density at radius 1 is 0.591 bits per heavy atom. The highest BCUT2D eigenvalue weighted by molar-refractivity contribution is 9.09. The van der Waals surface area contributed by atoms with Gasteiger partial charge in [0.25, 0.3) is 0 Å². The van der Waals surface area contributed by atoms with Crippen LogP contribution in [0.5, 0.6) is 11.5 Å². The van der Waals surface area contributed by atoms with E-state index in [9.17, 15) is 0 Å². The molecule has 0 fully saturated rings. The zero-order valence-electron chi connectivity index (χ0n) is 12.4. The third-order valence-electron chi connectivity index (χ3n) is 3.14. The molecule has 2 rings (SSSR count). The number of ether oxygens (including phenoxy) is 2. The lowest BCUT2D eigenvalue weighted by atomic mass is 10.1. The summed E-state index contributed by atoms with van der Waals surface area (Å²) < 4.78 is 11.3. The van der Waals surface area contributed by atoms with Crippen LogP contribution in [0.25, 0.3) is 11.1 Å². The summed E-state index contributed by atoms with van der Waals surface area (Å²) in [5, 5.41) is 1.93. The van der Waals surface area contributed by atoms with E-state index in [4.69, 9.17) is 9.47 Å². The summed E-state index contributed by atoms with van der Waals surface area (Å²) >= 11 is 6.80. The number of alkyl halides is 2. The van der Waals surface area contributed by atoms with Crippen LogP contribution in [0.1, 0.15) is 12.8 Å². The third kappa shape index (κ3) is 5.65. The fourth-order valence-corrected chi connectivity index (χ4v) is 2.43. The Morgan fingerprint density at radius 3 is 1.27 bits per heavy atom. The fraction of sp³-hybridized carbons (Fsp3) is 0.333. The summed E-state index contributed by atoms with van der Waals surface area (Å²) in [5.41, 5.74) is 2.36. The minimum atomic E-state index is 0.741. The van der Waals surface area contributed by atoms with Crippen molar-refractivity contribution in [2.75, 3.05) is 23.9 Å². The molecule has 0 N–H and O–H groups in total. The number of halogens is 2. The molecule has 0 atom stereocenters. The molecular weight excluding hydrogens is 408 g/mol. The van der Waals surface area contributed by atoms with Crippen molar-refractivity contribution in [3.8, 4) is 22.6 Å². The Labute approximate surface area is 149 Å². The normalized spacial score (nSPS) is 10.5. The van der Waals surface area contributed by atoms with E-state index >= 15 is 0 Å². The maximum absolute atomic E-state index is 5.66. The second-order valence-electron chi connectivity index (χ2n) is 4.83. The zero-order chi connectivity index (χ0) is 15.6. The number of benzene rings is 2. The van der Waals surface area contributed by atoms with E-state index in [0.717, 1.165) is 48.2 Å². The molecule has 0 bridgehead atoms. The van der Waals surface area contributed by atoms with Gasteiger partial charge in [0.05, 0.1) is 13.2 Å². The monoisotopic (exact) mass is 426 g/mol. The van der Waals surface area contributed by atoms with Gasteiger partial charge < -0.3 is 9.47 Å². The van der Waals surface area contributed by atoms with Gasteiger partial charge in [-0.1, -0.05) is 56.1 Å². The van der Waals surface area contributed by atoms with Gasteiger partial charge in [0.1, 0.15) is 11.5 Å². The number of rotatable bonds is 9. The van der Waals surface area contributed by atoms with Crippen LogP contribution in [0.4, 0.5) is 0 Å². The molecule has 0 unspecified atom stereocenters. The molecule has 2 nitrogen and oxygen atoms in total. The molecule has 0 aliphatic carbocycles. The SMILES string of the molecule is BrCCCOc1ccc(-c2ccc(OCCCBr)cc2)cc1. The van der Waals surface area contributed by atoms with E-state index in [-0.39, 0.29) is 0 Å². The van der Waals surface area contributed by atoms with Gasteiger partial charge in [0, 0.05) is 10.7 Å². The smallest absolute Gasteiger partial charge is 0.119 e. The Kier molecular flexibility index (Phi) is 7.81. The topological polar surface area (TPSA) is 18.5 Å². The molecule has 118 valence electrons. The largest absolute Gasteiger partial charge is 0.494 e. The van der Waals surface area contributed by atoms with Gasteiger partial charge >= 0.3 is 0 Å². The Morgan fingerprint density at radius 2 is 0.955 bits per heavy atom. The standard InChI is InChI=1S/C18H20Br2O2/c19-11-1-13-21-17-7-3-15(4-8-17)16-5-9-18(10-6-16)22-14-2-12-20/h3-10H,1-2,11-14H2. The van der Waals surface area contributed by atoms with Crippen molar-refractivity contribution in [1.82, 2.24) is 0 Å². The van der Waals surface area contributed by atoms with E-state index < -0.39 is 0 Å². The summed E-state index contributed by atoms with van der Waals surface area (Å²) in [4.78, 5) is 0. The van der Waals surface area contributed by atoms with E-state index in [1.807, 2.05) is 24.3 Å². The van der Waals surface area contributed by atoms with Crippen molar-refractivity contribution in [3.63, 3.8) is 0 Å². The maximum atomic E-state index is 5.66. The van der Waals surface area contributed by atoms with Gasteiger partial charge in [-0.05, 0) is 48.2 Å². The van der Waals surface area contributed by atoms with Crippen molar-refractivity contribution in [2.24, 2.45) is 0 Å². The van der Waals surface area contributed by atoms with Gasteiger partial charge in [-0.25, -0.2) is 0 Å². The first-order chi connectivity index (χ1) is 10.8. The van der Waals surface area contributed by atoms with E-state index in [1.165, 1.54) is 11.1 Å². The first kappa shape index (κ1) is 17.4. The Bertz CT molecular complexity index is 487. The predicted molar refractivity (Wildman–Crippen MR) is 99.7 cm³/mol. The van der Waals surface area contributed by atoms with Gasteiger partial charge in [-0.2, -0.15) is 0 Å². The lowest BCUT2D eigenvalue weighted by Crippen LogP contribution is -1.97. The minimum Gasteiger partial charge on any atom is -0.494 e. The Balaban J connectivity index is 1.93. The summed E-state index contributed by atoms with van der Waals surface area (Å²) in [7, 11) is 0. The fourth-order valence-electron chi connectivity index (χ4n) is 1.98. The van der Waals surface area contributed by atoms with E-state index in [2.05, 4.69) is 56.1 Å². The van der Waals surface area contributed by atoms with Crippen LogP contribution in [0.15, 0.2) is 48.5 Å².